The Morgan fingerprint density at radius 3 is 2.55 bits per heavy atom. The fourth-order valence-electron chi connectivity index (χ4n) is 1.98. The summed E-state index contributed by atoms with van der Waals surface area (Å²) >= 11 is 5.79. The van der Waals surface area contributed by atoms with Crippen LogP contribution in [0.2, 0.25) is 5.02 Å². The minimum atomic E-state index is -4.32. The zero-order valence-electron chi connectivity index (χ0n) is 11.4. The van der Waals surface area contributed by atoms with Crippen LogP contribution in [0, 0.1) is 0 Å². The van der Waals surface area contributed by atoms with E-state index < -0.39 is 18.8 Å². The molecule has 0 radical (unpaired) electrons. The van der Waals surface area contributed by atoms with Gasteiger partial charge < -0.3 is 0 Å². The monoisotopic (exact) mass is 307 g/mol. The van der Waals surface area contributed by atoms with Crippen LogP contribution in [0.3, 0.4) is 0 Å². The van der Waals surface area contributed by atoms with Gasteiger partial charge in [-0.2, -0.15) is 13.2 Å². The number of alkyl halides is 3. The quantitative estimate of drug-likeness (QED) is 0.735. The SMILES string of the molecule is CCCN(CC(F)(F)F)C(C)C(=O)c1cccc(Cl)c1. The lowest BCUT2D eigenvalue weighted by Gasteiger charge is -2.28. The number of hydrogen-bond donors (Lipinski definition) is 0. The summed E-state index contributed by atoms with van der Waals surface area (Å²) in [7, 11) is 0. The van der Waals surface area contributed by atoms with Crippen molar-refractivity contribution in [1.82, 2.24) is 4.90 Å². The van der Waals surface area contributed by atoms with Gasteiger partial charge in [0.2, 0.25) is 0 Å². The van der Waals surface area contributed by atoms with E-state index >= 15 is 0 Å². The van der Waals surface area contributed by atoms with Crippen molar-refractivity contribution in [1.29, 1.82) is 0 Å². The number of carbonyl (C=O) groups is 1. The van der Waals surface area contributed by atoms with Gasteiger partial charge in [0.05, 0.1) is 12.6 Å². The summed E-state index contributed by atoms with van der Waals surface area (Å²) in [5.74, 6) is -0.356. The van der Waals surface area contributed by atoms with Gasteiger partial charge in [-0.25, -0.2) is 0 Å². The predicted molar refractivity (Wildman–Crippen MR) is 73.2 cm³/mol. The molecule has 1 unspecified atom stereocenters. The molecule has 0 bridgehead atoms. The number of hydrogen-bond acceptors (Lipinski definition) is 2. The largest absolute Gasteiger partial charge is 0.401 e. The van der Waals surface area contributed by atoms with Crippen molar-refractivity contribution in [2.75, 3.05) is 13.1 Å². The highest BCUT2D eigenvalue weighted by molar-refractivity contribution is 6.31. The Morgan fingerprint density at radius 1 is 1.40 bits per heavy atom. The highest BCUT2D eigenvalue weighted by Gasteiger charge is 2.34. The van der Waals surface area contributed by atoms with Crippen molar-refractivity contribution in [3.8, 4) is 0 Å². The Balaban J connectivity index is 2.88. The van der Waals surface area contributed by atoms with Gasteiger partial charge in [0.25, 0.3) is 0 Å². The van der Waals surface area contributed by atoms with Crippen molar-refractivity contribution < 1.29 is 18.0 Å². The third-order valence-corrected chi connectivity index (χ3v) is 3.16. The number of Topliss-reactive ketones (excluding diaryl/α,β-unsaturated/α-hetero) is 1. The Morgan fingerprint density at radius 2 is 2.05 bits per heavy atom. The van der Waals surface area contributed by atoms with Gasteiger partial charge in [-0.15, -0.1) is 0 Å². The molecule has 0 spiro atoms. The predicted octanol–water partition coefficient (Wildman–Crippen LogP) is 4.19. The highest BCUT2D eigenvalue weighted by Crippen LogP contribution is 2.20. The molecule has 112 valence electrons. The van der Waals surface area contributed by atoms with Gasteiger partial charge in [-0.05, 0) is 32.0 Å². The topological polar surface area (TPSA) is 20.3 Å². The second kappa shape index (κ2) is 7.09. The van der Waals surface area contributed by atoms with Crippen LogP contribution in [-0.2, 0) is 0 Å². The molecular weight excluding hydrogens is 291 g/mol. The molecule has 0 aliphatic carbocycles. The van der Waals surface area contributed by atoms with Crippen molar-refractivity contribution in [2.24, 2.45) is 0 Å². The van der Waals surface area contributed by atoms with E-state index in [1.807, 2.05) is 0 Å². The van der Waals surface area contributed by atoms with Crippen LogP contribution in [0.15, 0.2) is 24.3 Å². The minimum Gasteiger partial charge on any atom is -0.292 e. The summed E-state index contributed by atoms with van der Waals surface area (Å²) in [6, 6.07) is 5.41. The molecule has 0 aliphatic rings. The summed E-state index contributed by atoms with van der Waals surface area (Å²) in [6.07, 6.45) is -3.78. The first kappa shape index (κ1) is 17.0. The minimum absolute atomic E-state index is 0.215. The lowest BCUT2D eigenvalue weighted by molar-refractivity contribution is -0.148. The molecule has 0 N–H and O–H groups in total. The number of nitrogens with zero attached hydrogens (tertiary/aromatic N) is 1. The molecule has 1 atom stereocenters. The molecule has 0 saturated carbocycles. The van der Waals surface area contributed by atoms with Crippen LogP contribution in [0.25, 0.3) is 0 Å². The van der Waals surface area contributed by atoms with E-state index in [0.29, 0.717) is 17.0 Å². The number of rotatable bonds is 6. The lowest BCUT2D eigenvalue weighted by Crippen LogP contribution is -2.44. The number of halogens is 4. The zero-order chi connectivity index (χ0) is 15.3. The van der Waals surface area contributed by atoms with Crippen molar-refractivity contribution in [2.45, 2.75) is 32.5 Å². The van der Waals surface area contributed by atoms with Gasteiger partial charge in [0, 0.05) is 10.6 Å². The number of benzene rings is 1. The van der Waals surface area contributed by atoms with Crippen LogP contribution in [0.1, 0.15) is 30.6 Å². The second-order valence-electron chi connectivity index (χ2n) is 4.64. The Kier molecular flexibility index (Phi) is 6.02. The molecule has 20 heavy (non-hydrogen) atoms. The molecule has 6 heteroatoms. The maximum absolute atomic E-state index is 12.5. The molecule has 0 amide bonds. The fraction of sp³-hybridized carbons (Fsp3) is 0.500. The van der Waals surface area contributed by atoms with Crippen molar-refractivity contribution >= 4 is 17.4 Å². The van der Waals surface area contributed by atoms with Crippen LogP contribution in [0.5, 0.6) is 0 Å². The fourth-order valence-corrected chi connectivity index (χ4v) is 2.17. The van der Waals surface area contributed by atoms with E-state index in [2.05, 4.69) is 0 Å². The van der Waals surface area contributed by atoms with Gasteiger partial charge in [0.15, 0.2) is 5.78 Å². The summed E-state index contributed by atoms with van der Waals surface area (Å²) in [4.78, 5) is 13.4. The third-order valence-electron chi connectivity index (χ3n) is 2.93. The van der Waals surface area contributed by atoms with E-state index in [4.69, 9.17) is 11.6 Å². The molecule has 0 aliphatic heterocycles. The van der Waals surface area contributed by atoms with E-state index in [1.165, 1.54) is 13.0 Å². The van der Waals surface area contributed by atoms with E-state index in [9.17, 15) is 18.0 Å². The molecule has 0 heterocycles. The highest BCUT2D eigenvalue weighted by atomic mass is 35.5. The first-order chi connectivity index (χ1) is 9.24. The second-order valence-corrected chi connectivity index (χ2v) is 5.07. The first-order valence-electron chi connectivity index (χ1n) is 6.35. The standard InChI is InChI=1S/C14H17ClF3NO/c1-3-7-19(9-14(16,17)18)10(2)13(20)11-5-4-6-12(15)8-11/h4-6,8,10H,3,7,9H2,1-2H3. The molecule has 1 rings (SSSR count). The summed E-state index contributed by atoms with van der Waals surface area (Å²) in [6.45, 7) is 2.39. The average Bonchev–Trinajstić information content (AvgIpc) is 2.35. The summed E-state index contributed by atoms with van der Waals surface area (Å²) in [5, 5.41) is 0.390. The molecule has 0 aromatic heterocycles. The van der Waals surface area contributed by atoms with Crippen molar-refractivity contribution in [3.05, 3.63) is 34.9 Å². The smallest absolute Gasteiger partial charge is 0.292 e. The average molecular weight is 308 g/mol. The normalized spacial score (nSPS) is 13.6. The van der Waals surface area contributed by atoms with Crippen LogP contribution < -0.4 is 0 Å². The van der Waals surface area contributed by atoms with Crippen LogP contribution in [0.4, 0.5) is 13.2 Å². The number of ketones is 1. The van der Waals surface area contributed by atoms with E-state index in [0.717, 1.165) is 4.90 Å². The van der Waals surface area contributed by atoms with Gasteiger partial charge >= 0.3 is 6.18 Å². The Labute approximate surface area is 121 Å². The van der Waals surface area contributed by atoms with Gasteiger partial charge in [-0.1, -0.05) is 30.7 Å². The first-order valence-corrected chi connectivity index (χ1v) is 6.73. The van der Waals surface area contributed by atoms with E-state index in [-0.39, 0.29) is 12.3 Å². The maximum Gasteiger partial charge on any atom is 0.401 e. The molecule has 0 saturated heterocycles. The molecule has 2 nitrogen and oxygen atoms in total. The Hall–Kier alpha value is -1.07. The molecule has 1 aromatic carbocycles. The van der Waals surface area contributed by atoms with Gasteiger partial charge in [-0.3, -0.25) is 9.69 Å². The summed E-state index contributed by atoms with van der Waals surface area (Å²) in [5.41, 5.74) is 0.327. The van der Waals surface area contributed by atoms with Crippen molar-refractivity contribution in [3.63, 3.8) is 0 Å². The summed E-state index contributed by atoms with van der Waals surface area (Å²) < 4.78 is 37.6. The number of carbonyl (C=O) groups excluding carboxylic acids is 1. The molecular formula is C14H17ClF3NO. The zero-order valence-corrected chi connectivity index (χ0v) is 12.1. The Bertz CT molecular complexity index is 462. The molecule has 1 aromatic rings. The van der Waals surface area contributed by atoms with Gasteiger partial charge in [0.1, 0.15) is 0 Å². The maximum atomic E-state index is 12.5. The van der Waals surface area contributed by atoms with E-state index in [1.54, 1.807) is 25.1 Å². The lowest BCUT2D eigenvalue weighted by atomic mass is 10.0. The molecule has 0 fully saturated rings. The van der Waals surface area contributed by atoms with Crippen LogP contribution in [-0.4, -0.2) is 36.0 Å². The van der Waals surface area contributed by atoms with Crippen LogP contribution >= 0.6 is 11.6 Å². The third kappa shape index (κ3) is 5.13.